The standard InChI is InChI=1S/C19H14O3/c1-4-14-5-9-16(18(13-14)19(20)22-3)10-6-15-7-11-17(21-2)12-8-15/h1,5,7-9,11-13H,2-3H3. The lowest BCUT2D eigenvalue weighted by Gasteiger charge is -2.03. The van der Waals surface area contributed by atoms with Gasteiger partial charge in [-0.15, -0.1) is 6.42 Å². The molecule has 3 heteroatoms. The molecule has 0 bridgehead atoms. The molecule has 0 saturated heterocycles. The monoisotopic (exact) mass is 290 g/mol. The minimum atomic E-state index is -0.462. The van der Waals surface area contributed by atoms with E-state index in [4.69, 9.17) is 15.9 Å². The molecule has 2 aromatic carbocycles. The fraction of sp³-hybridized carbons (Fsp3) is 0.105. The van der Waals surface area contributed by atoms with Crippen LogP contribution in [-0.2, 0) is 4.74 Å². The van der Waals surface area contributed by atoms with E-state index < -0.39 is 5.97 Å². The SMILES string of the molecule is C#Cc1ccc(C#Cc2ccc(OC)cc2)c(C(=O)OC)c1. The highest BCUT2D eigenvalue weighted by Crippen LogP contribution is 2.14. The summed E-state index contributed by atoms with van der Waals surface area (Å²) in [7, 11) is 2.93. The maximum absolute atomic E-state index is 11.8. The molecule has 0 N–H and O–H groups in total. The van der Waals surface area contributed by atoms with Crippen molar-refractivity contribution in [3.05, 3.63) is 64.7 Å². The van der Waals surface area contributed by atoms with Crippen molar-refractivity contribution in [2.45, 2.75) is 0 Å². The van der Waals surface area contributed by atoms with Crippen molar-refractivity contribution in [2.24, 2.45) is 0 Å². The van der Waals surface area contributed by atoms with Gasteiger partial charge in [0.25, 0.3) is 0 Å². The van der Waals surface area contributed by atoms with Crippen molar-refractivity contribution in [3.63, 3.8) is 0 Å². The highest BCUT2D eigenvalue weighted by molar-refractivity contribution is 5.92. The zero-order valence-electron chi connectivity index (χ0n) is 12.3. The third-order valence-electron chi connectivity index (χ3n) is 3.02. The van der Waals surface area contributed by atoms with E-state index in [-0.39, 0.29) is 0 Å². The molecule has 2 aromatic rings. The number of carbonyl (C=O) groups is 1. The largest absolute Gasteiger partial charge is 0.497 e. The Bertz CT molecular complexity index is 784. The quantitative estimate of drug-likeness (QED) is 0.630. The molecule has 0 atom stereocenters. The van der Waals surface area contributed by atoms with Crippen LogP contribution in [0.3, 0.4) is 0 Å². The molecule has 0 saturated carbocycles. The summed E-state index contributed by atoms with van der Waals surface area (Å²) < 4.78 is 9.86. The van der Waals surface area contributed by atoms with E-state index >= 15 is 0 Å². The maximum atomic E-state index is 11.8. The second kappa shape index (κ2) is 7.02. The van der Waals surface area contributed by atoms with Gasteiger partial charge in [0, 0.05) is 16.7 Å². The first-order valence-corrected chi connectivity index (χ1v) is 6.53. The van der Waals surface area contributed by atoms with E-state index in [1.807, 2.05) is 24.3 Å². The summed E-state index contributed by atoms with van der Waals surface area (Å²) in [5.41, 5.74) is 2.36. The van der Waals surface area contributed by atoms with Gasteiger partial charge in [-0.05, 0) is 42.5 Å². The Hall–Kier alpha value is -3.17. The third kappa shape index (κ3) is 3.48. The molecule has 0 aliphatic rings. The summed E-state index contributed by atoms with van der Waals surface area (Å²) in [6.07, 6.45) is 5.35. The van der Waals surface area contributed by atoms with Crippen LogP contribution in [0.15, 0.2) is 42.5 Å². The van der Waals surface area contributed by atoms with Gasteiger partial charge in [-0.3, -0.25) is 0 Å². The number of terminal acetylenes is 1. The van der Waals surface area contributed by atoms with Gasteiger partial charge in [-0.2, -0.15) is 0 Å². The van der Waals surface area contributed by atoms with Crippen molar-refractivity contribution < 1.29 is 14.3 Å². The topological polar surface area (TPSA) is 35.5 Å². The van der Waals surface area contributed by atoms with Gasteiger partial charge >= 0.3 is 5.97 Å². The second-order valence-electron chi connectivity index (χ2n) is 4.37. The van der Waals surface area contributed by atoms with Crippen LogP contribution in [0.4, 0.5) is 0 Å². The van der Waals surface area contributed by atoms with Gasteiger partial charge in [0.2, 0.25) is 0 Å². The normalized spacial score (nSPS) is 9.14. The molecular weight excluding hydrogens is 276 g/mol. The van der Waals surface area contributed by atoms with E-state index in [1.54, 1.807) is 25.3 Å². The van der Waals surface area contributed by atoms with E-state index in [2.05, 4.69) is 17.8 Å². The number of benzene rings is 2. The van der Waals surface area contributed by atoms with Gasteiger partial charge in [-0.1, -0.05) is 17.8 Å². The number of carbonyl (C=O) groups excluding carboxylic acids is 1. The minimum absolute atomic E-state index is 0.360. The predicted octanol–water partition coefficient (Wildman–Crippen LogP) is 2.86. The summed E-state index contributed by atoms with van der Waals surface area (Å²) in [5.74, 6) is 8.77. The first-order chi connectivity index (χ1) is 10.7. The van der Waals surface area contributed by atoms with Gasteiger partial charge in [0.15, 0.2) is 0 Å². The van der Waals surface area contributed by atoms with Crippen LogP contribution in [0, 0.1) is 24.2 Å². The fourth-order valence-electron chi connectivity index (χ4n) is 1.84. The molecule has 0 aromatic heterocycles. The Morgan fingerprint density at radius 3 is 2.27 bits per heavy atom. The van der Waals surface area contributed by atoms with Crippen molar-refractivity contribution >= 4 is 5.97 Å². The lowest BCUT2D eigenvalue weighted by molar-refractivity contribution is 0.0600. The van der Waals surface area contributed by atoms with Gasteiger partial charge in [0.1, 0.15) is 5.75 Å². The molecule has 22 heavy (non-hydrogen) atoms. The van der Waals surface area contributed by atoms with Gasteiger partial charge < -0.3 is 9.47 Å². The van der Waals surface area contributed by atoms with E-state index in [1.165, 1.54) is 7.11 Å². The van der Waals surface area contributed by atoms with Gasteiger partial charge in [0.05, 0.1) is 19.8 Å². The summed E-state index contributed by atoms with van der Waals surface area (Å²) in [4.78, 5) is 11.8. The van der Waals surface area contributed by atoms with Crippen molar-refractivity contribution in [1.29, 1.82) is 0 Å². The molecule has 108 valence electrons. The lowest BCUT2D eigenvalue weighted by atomic mass is 10.0. The maximum Gasteiger partial charge on any atom is 0.339 e. The first kappa shape index (κ1) is 15.2. The number of hydrogen-bond acceptors (Lipinski definition) is 3. The summed E-state index contributed by atoms with van der Waals surface area (Å²) in [6.45, 7) is 0. The van der Waals surface area contributed by atoms with Crippen molar-refractivity contribution in [2.75, 3.05) is 14.2 Å². The molecule has 0 fully saturated rings. The fourth-order valence-corrected chi connectivity index (χ4v) is 1.84. The molecular formula is C19H14O3. The van der Waals surface area contributed by atoms with Crippen LogP contribution in [0.25, 0.3) is 0 Å². The third-order valence-corrected chi connectivity index (χ3v) is 3.02. The van der Waals surface area contributed by atoms with Crippen LogP contribution in [0.2, 0.25) is 0 Å². The van der Waals surface area contributed by atoms with Crippen LogP contribution < -0.4 is 4.74 Å². The van der Waals surface area contributed by atoms with Crippen LogP contribution in [0.5, 0.6) is 5.75 Å². The van der Waals surface area contributed by atoms with Crippen LogP contribution in [-0.4, -0.2) is 20.2 Å². The highest BCUT2D eigenvalue weighted by atomic mass is 16.5. The van der Waals surface area contributed by atoms with Gasteiger partial charge in [-0.25, -0.2) is 4.79 Å². The molecule has 0 radical (unpaired) electrons. The molecule has 2 rings (SSSR count). The Labute approximate surface area is 129 Å². The Balaban J connectivity index is 2.39. The zero-order chi connectivity index (χ0) is 15.9. The molecule has 0 aliphatic carbocycles. The van der Waals surface area contributed by atoms with Crippen LogP contribution in [0.1, 0.15) is 27.0 Å². The molecule has 0 amide bonds. The number of hydrogen-bond donors (Lipinski definition) is 0. The summed E-state index contributed by atoms with van der Waals surface area (Å²) in [6, 6.07) is 12.4. The van der Waals surface area contributed by atoms with Crippen molar-refractivity contribution in [3.8, 4) is 29.9 Å². The molecule has 0 unspecified atom stereocenters. The smallest absolute Gasteiger partial charge is 0.339 e. The number of ether oxygens (including phenoxy) is 2. The summed E-state index contributed by atoms with van der Waals surface area (Å²) >= 11 is 0. The van der Waals surface area contributed by atoms with E-state index in [0.717, 1.165) is 11.3 Å². The van der Waals surface area contributed by atoms with Crippen LogP contribution >= 0.6 is 0 Å². The average molecular weight is 290 g/mol. The lowest BCUT2D eigenvalue weighted by Crippen LogP contribution is -2.04. The highest BCUT2D eigenvalue weighted by Gasteiger charge is 2.10. The molecule has 3 nitrogen and oxygen atoms in total. The Kier molecular flexibility index (Phi) is 4.85. The van der Waals surface area contributed by atoms with E-state index in [0.29, 0.717) is 16.7 Å². The van der Waals surface area contributed by atoms with Crippen molar-refractivity contribution in [1.82, 2.24) is 0 Å². The Morgan fingerprint density at radius 1 is 1.00 bits per heavy atom. The second-order valence-corrected chi connectivity index (χ2v) is 4.37. The average Bonchev–Trinajstić information content (AvgIpc) is 2.59. The number of rotatable bonds is 2. The predicted molar refractivity (Wildman–Crippen MR) is 84.7 cm³/mol. The molecule has 0 aliphatic heterocycles. The Morgan fingerprint density at radius 2 is 1.68 bits per heavy atom. The van der Waals surface area contributed by atoms with E-state index in [9.17, 15) is 4.79 Å². The first-order valence-electron chi connectivity index (χ1n) is 6.53. The summed E-state index contributed by atoms with van der Waals surface area (Å²) in [5, 5.41) is 0. The number of esters is 1. The minimum Gasteiger partial charge on any atom is -0.497 e. The molecule has 0 spiro atoms. The zero-order valence-corrected chi connectivity index (χ0v) is 12.3. The molecule has 0 heterocycles. The number of methoxy groups -OCH3 is 2.